The molecule has 2 atom stereocenters. The Balaban J connectivity index is 1.35. The summed E-state index contributed by atoms with van der Waals surface area (Å²) in [5.74, 6) is 4.77. The normalized spacial score (nSPS) is 15.0. The molecule has 1 aliphatic heterocycles. The first kappa shape index (κ1) is 28.4. The molecule has 1 saturated heterocycles. The molecule has 0 radical (unpaired) electrons. The number of fused-ring (bicyclic) bond motifs is 2. The van der Waals surface area contributed by atoms with Crippen LogP contribution in [-0.2, 0) is 14.3 Å². The zero-order chi connectivity index (χ0) is 30.8. The highest BCUT2D eigenvalue weighted by atomic mass is 16.6. The predicted molar refractivity (Wildman–Crippen MR) is 162 cm³/mol. The van der Waals surface area contributed by atoms with Crippen LogP contribution in [0.15, 0.2) is 77.9 Å². The second-order valence-corrected chi connectivity index (χ2v) is 10.4. The van der Waals surface area contributed by atoms with Crippen LogP contribution in [0.1, 0.15) is 53.1 Å². The highest BCUT2D eigenvalue weighted by molar-refractivity contribution is 6.01. The summed E-state index contributed by atoms with van der Waals surface area (Å²) in [5, 5.41) is 11.1. The summed E-state index contributed by atoms with van der Waals surface area (Å²) < 4.78 is 8.13. The third-order valence-electron chi connectivity index (χ3n) is 7.43. The van der Waals surface area contributed by atoms with Crippen molar-refractivity contribution in [3.8, 4) is 17.5 Å². The largest absolute Gasteiger partial charge is 0.452 e. The molecule has 220 valence electrons. The highest BCUT2D eigenvalue weighted by Crippen LogP contribution is 2.24. The summed E-state index contributed by atoms with van der Waals surface area (Å²) in [6.45, 7) is 3.59. The number of hydrogen-bond donors (Lipinski definition) is 2. The van der Waals surface area contributed by atoms with Crippen LogP contribution in [0.3, 0.4) is 0 Å². The van der Waals surface area contributed by atoms with Gasteiger partial charge >= 0.3 is 5.97 Å². The van der Waals surface area contributed by atoms with Crippen molar-refractivity contribution in [3.05, 3.63) is 106 Å². The molecule has 0 unspecified atom stereocenters. The van der Waals surface area contributed by atoms with Crippen LogP contribution in [0.4, 0.5) is 0 Å². The molecule has 2 aromatic carbocycles. The number of carbonyl (C=O) groups excluding carboxylic acids is 3. The Bertz CT molecular complexity index is 2050. The maximum absolute atomic E-state index is 14.2. The van der Waals surface area contributed by atoms with Crippen LogP contribution in [0.2, 0.25) is 0 Å². The van der Waals surface area contributed by atoms with Gasteiger partial charge in [-0.2, -0.15) is 5.10 Å². The molecule has 11 nitrogen and oxygen atoms in total. The maximum Gasteiger partial charge on any atom is 0.306 e. The minimum absolute atomic E-state index is 0.0229. The molecule has 0 spiro atoms. The predicted octanol–water partition coefficient (Wildman–Crippen LogP) is 3.01. The van der Waals surface area contributed by atoms with Crippen LogP contribution in [0, 0.1) is 18.8 Å². The first-order valence-electron chi connectivity index (χ1n) is 14.1. The molecule has 1 fully saturated rings. The lowest BCUT2D eigenvalue weighted by Gasteiger charge is -2.21. The smallest absolute Gasteiger partial charge is 0.306 e. The molecule has 0 bridgehead atoms. The summed E-state index contributed by atoms with van der Waals surface area (Å²) in [4.78, 5) is 55.6. The van der Waals surface area contributed by atoms with Crippen molar-refractivity contribution in [2.75, 3.05) is 6.54 Å². The van der Waals surface area contributed by atoms with Gasteiger partial charge in [-0.1, -0.05) is 42.2 Å². The standard InChI is InChI=1S/C33H28N6O5/c1-20(36-32(42)28-21(2)37-38-18-8-17-34-30(28)38)25-19-23-10-6-9-22(11-7-16-35-31(41)26-14-15-27(40)44-26)29(23)33(43)39(25)24-12-4-3-5-13-24/h3-6,8-10,12-13,17-20,26H,14-16H2,1-2H3,(H,35,41)(H,36,42)/t20-,26+/m0/s1. The van der Waals surface area contributed by atoms with E-state index >= 15 is 0 Å². The number of cyclic esters (lactones) is 1. The number of hydrogen-bond acceptors (Lipinski definition) is 7. The monoisotopic (exact) mass is 588 g/mol. The van der Waals surface area contributed by atoms with Gasteiger partial charge < -0.3 is 15.4 Å². The number of amides is 2. The molecular formula is C33H28N6O5. The summed E-state index contributed by atoms with van der Waals surface area (Å²) in [6, 6.07) is 17.6. The minimum Gasteiger partial charge on any atom is -0.452 e. The number of aromatic nitrogens is 4. The summed E-state index contributed by atoms with van der Waals surface area (Å²) >= 11 is 0. The Morgan fingerprint density at radius 1 is 1.11 bits per heavy atom. The average Bonchev–Trinajstić information content (AvgIpc) is 3.61. The second kappa shape index (κ2) is 11.9. The Morgan fingerprint density at radius 3 is 2.70 bits per heavy atom. The lowest BCUT2D eigenvalue weighted by Crippen LogP contribution is -2.34. The van der Waals surface area contributed by atoms with Crippen molar-refractivity contribution in [2.45, 2.75) is 38.8 Å². The van der Waals surface area contributed by atoms with Gasteiger partial charge in [0.05, 0.1) is 23.7 Å². The maximum atomic E-state index is 14.2. The number of benzene rings is 2. The van der Waals surface area contributed by atoms with Gasteiger partial charge in [-0.25, -0.2) is 9.50 Å². The van der Waals surface area contributed by atoms with E-state index in [1.54, 1.807) is 46.6 Å². The van der Waals surface area contributed by atoms with Gasteiger partial charge in [0, 0.05) is 42.2 Å². The number of aryl methyl sites for hydroxylation is 1. The van der Waals surface area contributed by atoms with Crippen molar-refractivity contribution in [1.82, 2.24) is 29.8 Å². The van der Waals surface area contributed by atoms with E-state index in [0.29, 0.717) is 51.0 Å². The molecule has 11 heteroatoms. The van der Waals surface area contributed by atoms with Crippen molar-refractivity contribution in [2.24, 2.45) is 0 Å². The van der Waals surface area contributed by atoms with E-state index in [0.717, 1.165) is 0 Å². The van der Waals surface area contributed by atoms with Gasteiger partial charge in [-0.3, -0.25) is 23.7 Å². The van der Waals surface area contributed by atoms with Crippen molar-refractivity contribution < 1.29 is 19.1 Å². The Morgan fingerprint density at radius 2 is 1.93 bits per heavy atom. The fourth-order valence-electron chi connectivity index (χ4n) is 5.35. The van der Waals surface area contributed by atoms with E-state index in [2.05, 4.69) is 32.6 Å². The molecule has 0 aliphatic carbocycles. The number of ether oxygens (including phenoxy) is 1. The Labute approximate surface area is 251 Å². The first-order valence-corrected chi connectivity index (χ1v) is 14.1. The molecule has 2 N–H and O–H groups in total. The van der Waals surface area contributed by atoms with E-state index in [4.69, 9.17) is 4.74 Å². The number of para-hydroxylation sites is 1. The fraction of sp³-hybridized carbons (Fsp3) is 0.212. The van der Waals surface area contributed by atoms with E-state index in [1.807, 2.05) is 49.4 Å². The lowest BCUT2D eigenvalue weighted by atomic mass is 10.0. The summed E-state index contributed by atoms with van der Waals surface area (Å²) in [7, 11) is 0. The van der Waals surface area contributed by atoms with Gasteiger partial charge in [0.1, 0.15) is 5.56 Å². The molecule has 1 aliphatic rings. The van der Waals surface area contributed by atoms with E-state index in [9.17, 15) is 19.2 Å². The number of rotatable bonds is 6. The Hall–Kier alpha value is -5.76. The summed E-state index contributed by atoms with van der Waals surface area (Å²) in [6.07, 6.45) is 3.10. The molecule has 44 heavy (non-hydrogen) atoms. The van der Waals surface area contributed by atoms with Gasteiger partial charge in [0.25, 0.3) is 17.4 Å². The molecule has 4 heterocycles. The topological polar surface area (TPSA) is 137 Å². The quantitative estimate of drug-likeness (QED) is 0.230. The molecular weight excluding hydrogens is 560 g/mol. The molecule has 0 saturated carbocycles. The summed E-state index contributed by atoms with van der Waals surface area (Å²) in [5.41, 5.74) is 2.74. The zero-order valence-corrected chi connectivity index (χ0v) is 24.0. The highest BCUT2D eigenvalue weighted by Gasteiger charge is 2.29. The number of nitrogens with zero attached hydrogens (tertiary/aromatic N) is 4. The number of carbonyl (C=O) groups is 3. The third-order valence-corrected chi connectivity index (χ3v) is 7.43. The Kier molecular flexibility index (Phi) is 7.64. The third kappa shape index (κ3) is 5.41. The van der Waals surface area contributed by atoms with Gasteiger partial charge in [0.15, 0.2) is 11.8 Å². The van der Waals surface area contributed by atoms with Crippen LogP contribution in [-0.4, -0.2) is 49.6 Å². The molecule has 5 aromatic rings. The van der Waals surface area contributed by atoms with E-state index < -0.39 is 24.0 Å². The van der Waals surface area contributed by atoms with Crippen LogP contribution in [0.25, 0.3) is 22.1 Å². The molecule has 6 rings (SSSR count). The van der Waals surface area contributed by atoms with Crippen LogP contribution < -0.4 is 16.2 Å². The lowest BCUT2D eigenvalue weighted by molar-refractivity contribution is -0.148. The van der Waals surface area contributed by atoms with E-state index in [1.165, 1.54) is 0 Å². The number of pyridine rings is 1. The second-order valence-electron chi connectivity index (χ2n) is 10.4. The minimum atomic E-state index is -0.797. The molecule has 2 amide bonds. The fourth-order valence-corrected chi connectivity index (χ4v) is 5.35. The van der Waals surface area contributed by atoms with Gasteiger partial charge in [0.2, 0.25) is 0 Å². The number of esters is 1. The van der Waals surface area contributed by atoms with Crippen molar-refractivity contribution in [3.63, 3.8) is 0 Å². The van der Waals surface area contributed by atoms with Gasteiger partial charge in [-0.15, -0.1) is 0 Å². The molecule has 3 aromatic heterocycles. The van der Waals surface area contributed by atoms with Crippen molar-refractivity contribution >= 4 is 34.2 Å². The van der Waals surface area contributed by atoms with E-state index in [-0.39, 0.29) is 24.4 Å². The van der Waals surface area contributed by atoms with Crippen LogP contribution >= 0.6 is 0 Å². The first-order chi connectivity index (χ1) is 21.3. The van der Waals surface area contributed by atoms with Crippen LogP contribution in [0.5, 0.6) is 0 Å². The van der Waals surface area contributed by atoms with Crippen molar-refractivity contribution in [1.29, 1.82) is 0 Å². The zero-order valence-electron chi connectivity index (χ0n) is 24.0. The average molecular weight is 589 g/mol. The van der Waals surface area contributed by atoms with Gasteiger partial charge in [-0.05, 0) is 49.6 Å². The number of nitrogens with one attached hydrogen (secondary N) is 2. The SMILES string of the molecule is Cc1nn2cccnc2c1C(=O)N[C@@H](C)c1cc2cccc(C#CCNC(=O)[C@H]3CCC(=O)O3)c2c(=O)n1-c1ccccc1.